The van der Waals surface area contributed by atoms with E-state index < -0.39 is 41.0 Å². The van der Waals surface area contributed by atoms with Gasteiger partial charge in [-0.25, -0.2) is 9.59 Å². The van der Waals surface area contributed by atoms with Crippen molar-refractivity contribution in [2.24, 2.45) is 66.0 Å². The molecule has 0 amide bonds. The van der Waals surface area contributed by atoms with E-state index in [0.717, 1.165) is 175 Å². The number of unbranched alkanes of at least 4 members (excludes halogenated alkanes) is 3. The summed E-state index contributed by atoms with van der Waals surface area (Å²) in [5.41, 5.74) is 5.53. The van der Waals surface area contributed by atoms with Gasteiger partial charge in [0.05, 0.1) is 23.7 Å². The van der Waals surface area contributed by atoms with Crippen LogP contribution in [0.25, 0.3) is 0 Å². The minimum absolute atomic E-state index is 0.0119. The molecule has 10 rings (SSSR count). The topological polar surface area (TPSA) is 209 Å². The molecule has 0 heterocycles. The van der Waals surface area contributed by atoms with Crippen LogP contribution < -0.4 is 0 Å². The van der Waals surface area contributed by atoms with E-state index in [0.29, 0.717) is 18.1 Å². The van der Waals surface area contributed by atoms with Crippen molar-refractivity contribution in [3.63, 3.8) is 0 Å². The van der Waals surface area contributed by atoms with Crippen molar-refractivity contribution < 1.29 is 67.8 Å². The Balaban J connectivity index is 0.000000203. The van der Waals surface area contributed by atoms with Crippen molar-refractivity contribution in [1.29, 1.82) is 0 Å². The standard InChI is InChI=1S/C38H52O7.C29H40O4.C9H17ClO3/c1-23-26-13-14-29-36(5,27(26)21-28(39)31(23)40)18-20-38(7)30-22-35(4,16-15-34(30,3)17-19-37(29,38)6)32(41)43-24(2)44-33(42)45-25-11-9-8-10-12-25;1-19(18-31)20-7-8-22-27(4,21(20)9-16-30)13-15-29(6)23-17-26(3,24(32)33)11-10-25(23,2)12-14-28(22,29)5;1-3-4-5-6-7-12-9(11)13-8(2)10/h13-14,21,24-25,30,40H,8-12,15-20,22H2,1-7H3;7-9,16,18,23,31H,10-15,17H2,1-6H3,(H,32,33);8H,3-7H2,1-2H3/b;19-18+,21-9+;/t24?,30-,34-,35-,36+,37-,38+;23-,25-,26-,27+,28-,29+;/m11./s1. The van der Waals surface area contributed by atoms with E-state index in [4.69, 9.17) is 30.5 Å². The molecule has 0 aliphatic heterocycles. The third-order valence-corrected chi connectivity index (χ3v) is 26.3. The van der Waals surface area contributed by atoms with Crippen LogP contribution in [-0.2, 0) is 42.9 Å². The van der Waals surface area contributed by atoms with Crippen LogP contribution in [0.15, 0.2) is 93.1 Å². The molecule has 10 aliphatic rings. The number of carboxylic acids is 1. The zero-order valence-electron chi connectivity index (χ0n) is 57.7. The highest BCUT2D eigenvalue weighted by Crippen LogP contribution is 2.77. The quantitative estimate of drug-likeness (QED) is 0.0229. The fourth-order valence-corrected chi connectivity index (χ4v) is 19.7. The zero-order valence-corrected chi connectivity index (χ0v) is 58.4. The first-order valence-corrected chi connectivity index (χ1v) is 34.8. The summed E-state index contributed by atoms with van der Waals surface area (Å²) >= 11 is 5.41. The maximum Gasteiger partial charge on any atom is 0.511 e. The first kappa shape index (κ1) is 71.5. The predicted molar refractivity (Wildman–Crippen MR) is 353 cm³/mol. The molecule has 0 saturated heterocycles. The van der Waals surface area contributed by atoms with Crippen LogP contribution in [0.4, 0.5) is 9.59 Å². The third-order valence-electron chi connectivity index (χ3n) is 26.2. The second-order valence-electron chi connectivity index (χ2n) is 31.7. The number of ketones is 1. The monoisotopic (exact) mass is 1280 g/mol. The maximum atomic E-state index is 13.8. The molecule has 10 aliphatic carbocycles. The number of hydrogen-bond donors (Lipinski definition) is 3. The lowest BCUT2D eigenvalue weighted by Gasteiger charge is -2.70. The Bertz CT molecular complexity index is 3110. The SMILES string of the molecule is C/C(=C\O)C1=CC=C2[C@@](C)(CC[C@@]3(C)[C@@H]4C[C@](C)(C(=O)O)CC[C@]4(C)CC[C@]23C)/C1=C/C=O.CC1=C(O)C(=O)C=C2C1=CC=C1[C@@]2(C)CC[C@@]2(C)[C@@H]3C[C@](C)(C(=O)OC(C)OC(=O)OC4CCCCC4)CC[C@]3(C)CC[C@]12C.CCCCCCOC(=O)OC(C)Cl. The van der Waals surface area contributed by atoms with Crippen molar-refractivity contribution in [3.05, 3.63) is 93.1 Å². The van der Waals surface area contributed by atoms with Gasteiger partial charge in [0.25, 0.3) is 0 Å². The molecule has 3 N–H and O–H groups in total. The van der Waals surface area contributed by atoms with Gasteiger partial charge in [0, 0.05) is 23.3 Å². The molecule has 0 radical (unpaired) electrons. The Labute approximate surface area is 548 Å². The highest BCUT2D eigenvalue weighted by molar-refractivity contribution is 6.19. The normalized spacial score (nSPS) is 38.5. The number of aliphatic hydroxyl groups is 2. The van der Waals surface area contributed by atoms with E-state index in [9.17, 15) is 44.1 Å². The average Bonchev–Trinajstić information content (AvgIpc) is 0.687. The summed E-state index contributed by atoms with van der Waals surface area (Å²) in [6, 6.07) is 0. The van der Waals surface area contributed by atoms with E-state index in [1.165, 1.54) is 24.0 Å². The van der Waals surface area contributed by atoms with E-state index in [-0.39, 0.29) is 72.9 Å². The number of rotatable bonds is 13. The van der Waals surface area contributed by atoms with Crippen molar-refractivity contribution in [3.8, 4) is 0 Å². The first-order valence-electron chi connectivity index (χ1n) is 34.3. The summed E-state index contributed by atoms with van der Waals surface area (Å²) in [6.07, 6.45) is 33.7. The van der Waals surface area contributed by atoms with Crippen molar-refractivity contribution in [2.75, 3.05) is 6.61 Å². The van der Waals surface area contributed by atoms with Gasteiger partial charge in [-0.05, 0) is 241 Å². The van der Waals surface area contributed by atoms with Gasteiger partial charge in [0.1, 0.15) is 12.4 Å². The molecule has 504 valence electrons. The molecule has 0 aromatic rings. The summed E-state index contributed by atoms with van der Waals surface area (Å²) in [5.74, 6) is -0.804. The number of ether oxygens (including phenoxy) is 5. The van der Waals surface area contributed by atoms with E-state index in [2.05, 4.69) is 91.4 Å². The van der Waals surface area contributed by atoms with Crippen LogP contribution in [0.1, 0.15) is 252 Å². The van der Waals surface area contributed by atoms with Crippen molar-refractivity contribution >= 4 is 47.9 Å². The molecular weight excluding hydrogens is 1170 g/mol. The lowest BCUT2D eigenvalue weighted by molar-refractivity contribution is -0.198. The van der Waals surface area contributed by atoms with Gasteiger partial charge in [-0.1, -0.05) is 135 Å². The Morgan fingerprint density at radius 3 is 1.79 bits per heavy atom. The molecule has 0 aromatic carbocycles. The number of aldehydes is 1. The molecule has 91 heavy (non-hydrogen) atoms. The van der Waals surface area contributed by atoms with Crippen LogP contribution in [0.3, 0.4) is 0 Å². The maximum absolute atomic E-state index is 13.8. The number of carbonyl (C=O) groups excluding carboxylic acids is 5. The van der Waals surface area contributed by atoms with E-state index in [1.54, 1.807) is 26.0 Å². The minimum atomic E-state index is -1.02. The Kier molecular flexibility index (Phi) is 21.0. The van der Waals surface area contributed by atoms with Crippen LogP contribution in [0.2, 0.25) is 0 Å². The van der Waals surface area contributed by atoms with E-state index >= 15 is 0 Å². The van der Waals surface area contributed by atoms with Gasteiger partial charge < -0.3 is 39.0 Å². The second kappa shape index (κ2) is 26.8. The number of aliphatic hydroxyl groups excluding tert-OH is 2. The highest BCUT2D eigenvalue weighted by Gasteiger charge is 2.69. The van der Waals surface area contributed by atoms with Crippen LogP contribution in [0, 0.1) is 66.0 Å². The smallest absolute Gasteiger partial charge is 0.511 e. The third kappa shape index (κ3) is 13.0. The van der Waals surface area contributed by atoms with Crippen LogP contribution >= 0.6 is 11.6 Å². The largest absolute Gasteiger partial charge is 0.515 e. The number of hydrogen-bond acceptors (Lipinski definition) is 13. The van der Waals surface area contributed by atoms with Crippen LogP contribution in [0.5, 0.6) is 0 Å². The number of fused-ring (bicyclic) bond motifs is 12. The number of esters is 1. The van der Waals surface area contributed by atoms with Crippen molar-refractivity contribution in [1.82, 2.24) is 0 Å². The zero-order chi connectivity index (χ0) is 67.1. The Morgan fingerprint density at radius 1 is 0.681 bits per heavy atom. The Hall–Kier alpha value is -5.37. The van der Waals surface area contributed by atoms with Gasteiger partial charge in [-0.3, -0.25) is 19.2 Å². The fourth-order valence-electron chi connectivity index (χ4n) is 19.6. The predicted octanol–water partition coefficient (Wildman–Crippen LogP) is 19.2. The first-order chi connectivity index (χ1) is 42.5. The molecule has 0 aromatic heterocycles. The summed E-state index contributed by atoms with van der Waals surface area (Å²) in [4.78, 5) is 73.7. The van der Waals surface area contributed by atoms with Gasteiger partial charge in [-0.15, -0.1) is 0 Å². The number of carbonyl (C=O) groups is 6. The number of carboxylic acid groups (broad SMARTS) is 1. The van der Waals surface area contributed by atoms with Gasteiger partial charge >= 0.3 is 24.2 Å². The van der Waals surface area contributed by atoms with Crippen molar-refractivity contribution in [2.45, 2.75) is 269 Å². The molecule has 7 fully saturated rings. The van der Waals surface area contributed by atoms with Gasteiger partial charge in [0.2, 0.25) is 12.1 Å². The number of aliphatic carboxylic acids is 1. The minimum Gasteiger partial charge on any atom is -0.515 e. The van der Waals surface area contributed by atoms with E-state index in [1.807, 2.05) is 27.7 Å². The van der Waals surface area contributed by atoms with Gasteiger partial charge in [-0.2, -0.15) is 0 Å². The molecule has 2 unspecified atom stereocenters. The molecule has 0 spiro atoms. The summed E-state index contributed by atoms with van der Waals surface area (Å²) in [6.45, 7) is 32.4. The molecule has 7 saturated carbocycles. The summed E-state index contributed by atoms with van der Waals surface area (Å²) < 4.78 is 26.0. The number of halogens is 1. The molecular formula is C76H109ClO14. The molecule has 14 atom stereocenters. The van der Waals surface area contributed by atoms with Crippen LogP contribution in [-0.4, -0.2) is 76.2 Å². The number of allylic oxidation sites excluding steroid dienone is 14. The Morgan fingerprint density at radius 2 is 1.23 bits per heavy atom. The molecule has 0 bridgehead atoms. The summed E-state index contributed by atoms with van der Waals surface area (Å²) in [5, 5.41) is 30.2. The lowest BCUT2D eigenvalue weighted by atomic mass is 9.34. The summed E-state index contributed by atoms with van der Waals surface area (Å²) in [7, 11) is 0. The molecule has 14 nitrogen and oxygen atoms in total. The lowest BCUT2D eigenvalue weighted by Crippen LogP contribution is -2.62. The second-order valence-corrected chi connectivity index (χ2v) is 32.3. The fraction of sp³-hybridized carbons (Fsp3) is 0.711. The van der Waals surface area contributed by atoms with Gasteiger partial charge in [0.15, 0.2) is 11.3 Å². The highest BCUT2D eigenvalue weighted by atomic mass is 35.5. The average molecular weight is 1280 g/mol. The number of alkyl halides is 1. The molecule has 15 heteroatoms.